The third-order valence-electron chi connectivity index (χ3n) is 5.13. The van der Waals surface area contributed by atoms with Crippen LogP contribution in [0.4, 0.5) is 0 Å². The Morgan fingerprint density at radius 3 is 2.94 bits per heavy atom. The van der Waals surface area contributed by atoms with Gasteiger partial charge in [-0.25, -0.2) is 4.98 Å². The Bertz CT molecular complexity index is 441. The lowest BCUT2D eigenvalue weighted by molar-refractivity contribution is 0.246. The first-order chi connectivity index (χ1) is 8.36. The predicted octanol–water partition coefficient (Wildman–Crippen LogP) is 2.04. The highest BCUT2D eigenvalue weighted by molar-refractivity contribution is 5.24. The minimum absolute atomic E-state index is 0.661. The Kier molecular flexibility index (Phi) is 2.13. The van der Waals surface area contributed by atoms with Gasteiger partial charge in [-0.2, -0.15) is 0 Å². The first-order valence-electron chi connectivity index (χ1n) is 7.14. The third kappa shape index (κ3) is 1.48. The second kappa shape index (κ2) is 3.58. The number of hydrogen-bond donors (Lipinski definition) is 1. The Hall–Kier alpha value is -0.830. The maximum absolute atomic E-state index is 4.85. The van der Waals surface area contributed by atoms with E-state index in [2.05, 4.69) is 9.88 Å². The van der Waals surface area contributed by atoms with Crippen molar-refractivity contribution in [1.82, 2.24) is 14.9 Å². The second-order valence-electron chi connectivity index (χ2n) is 6.13. The largest absolute Gasteiger partial charge is 0.329 e. The van der Waals surface area contributed by atoms with Gasteiger partial charge >= 0.3 is 0 Å². The monoisotopic (exact) mass is 231 g/mol. The number of nitrogens with one attached hydrogen (secondary N) is 1. The summed E-state index contributed by atoms with van der Waals surface area (Å²) in [6, 6.07) is 0. The molecule has 2 aliphatic carbocycles. The zero-order valence-corrected chi connectivity index (χ0v) is 10.5. The van der Waals surface area contributed by atoms with Crippen LogP contribution in [0.5, 0.6) is 0 Å². The number of aromatic nitrogens is 2. The molecule has 0 radical (unpaired) electrons. The van der Waals surface area contributed by atoms with Crippen LogP contribution in [0.25, 0.3) is 0 Å². The highest BCUT2D eigenvalue weighted by atomic mass is 15.2. The van der Waals surface area contributed by atoms with Crippen LogP contribution < -0.4 is 5.32 Å². The van der Waals surface area contributed by atoms with Gasteiger partial charge in [-0.1, -0.05) is 12.8 Å². The highest BCUT2D eigenvalue weighted by Crippen LogP contribution is 2.47. The van der Waals surface area contributed by atoms with Crippen molar-refractivity contribution in [3.05, 3.63) is 17.2 Å². The van der Waals surface area contributed by atoms with Gasteiger partial charge in [-0.15, -0.1) is 0 Å². The minimum atomic E-state index is 0.661. The summed E-state index contributed by atoms with van der Waals surface area (Å²) in [5, 5.41) is 3.43. The average Bonchev–Trinajstić information content (AvgIpc) is 2.95. The topological polar surface area (TPSA) is 29.9 Å². The van der Waals surface area contributed by atoms with Crippen LogP contribution >= 0.6 is 0 Å². The lowest BCUT2D eigenvalue weighted by atomic mass is 9.73. The number of fused-ring (bicyclic) bond motifs is 3. The van der Waals surface area contributed by atoms with E-state index in [-0.39, 0.29) is 0 Å². The smallest absolute Gasteiger partial charge is 0.123 e. The normalized spacial score (nSPS) is 25.9. The summed E-state index contributed by atoms with van der Waals surface area (Å²) in [5.74, 6) is 1.29. The lowest BCUT2D eigenvalue weighted by Gasteiger charge is -2.33. The highest BCUT2D eigenvalue weighted by Gasteiger charge is 2.39. The number of aryl methyl sites for hydroxylation is 1. The van der Waals surface area contributed by atoms with E-state index >= 15 is 0 Å². The average molecular weight is 231 g/mol. The van der Waals surface area contributed by atoms with Crippen LogP contribution in [0.2, 0.25) is 0 Å². The van der Waals surface area contributed by atoms with E-state index < -0.39 is 0 Å². The van der Waals surface area contributed by atoms with Gasteiger partial charge in [0.2, 0.25) is 0 Å². The molecule has 0 bridgehead atoms. The van der Waals surface area contributed by atoms with E-state index in [1.807, 2.05) is 0 Å². The van der Waals surface area contributed by atoms with Crippen LogP contribution in [-0.4, -0.2) is 16.1 Å². The number of hydrogen-bond acceptors (Lipinski definition) is 2. The molecule has 1 saturated carbocycles. The molecule has 1 spiro atoms. The fraction of sp³-hybridized carbons (Fsp3) is 0.786. The van der Waals surface area contributed by atoms with Gasteiger partial charge < -0.3 is 9.88 Å². The molecule has 2 heterocycles. The molecular weight excluding hydrogens is 210 g/mol. The van der Waals surface area contributed by atoms with Gasteiger partial charge in [0.25, 0.3) is 0 Å². The van der Waals surface area contributed by atoms with E-state index in [1.54, 1.807) is 5.69 Å². The van der Waals surface area contributed by atoms with Gasteiger partial charge in [0, 0.05) is 18.8 Å². The fourth-order valence-corrected chi connectivity index (χ4v) is 4.16. The van der Waals surface area contributed by atoms with Gasteiger partial charge in [-0.05, 0) is 37.5 Å². The van der Waals surface area contributed by atoms with Gasteiger partial charge in [0.15, 0.2) is 0 Å². The summed E-state index contributed by atoms with van der Waals surface area (Å²) in [7, 11) is 0. The molecule has 1 fully saturated rings. The minimum Gasteiger partial charge on any atom is -0.329 e. The Balaban J connectivity index is 1.73. The first-order valence-corrected chi connectivity index (χ1v) is 7.14. The summed E-state index contributed by atoms with van der Waals surface area (Å²) in [5.41, 5.74) is 3.67. The van der Waals surface area contributed by atoms with E-state index in [0.29, 0.717) is 5.41 Å². The Labute approximate surface area is 103 Å². The van der Waals surface area contributed by atoms with Crippen molar-refractivity contribution in [2.75, 3.05) is 6.54 Å². The maximum Gasteiger partial charge on any atom is 0.123 e. The standard InChI is InChI=1S/C14H21N3/c1-2-5-14(4-1)6-3-11-12(9-14)17-8-7-15-10-13(17)16-11/h15H,1-10H2. The summed E-state index contributed by atoms with van der Waals surface area (Å²) in [4.78, 5) is 4.85. The molecule has 3 nitrogen and oxygen atoms in total. The van der Waals surface area contributed by atoms with E-state index in [4.69, 9.17) is 4.98 Å². The van der Waals surface area contributed by atoms with Crippen LogP contribution in [-0.2, 0) is 25.9 Å². The van der Waals surface area contributed by atoms with Crippen molar-refractivity contribution < 1.29 is 0 Å². The predicted molar refractivity (Wildman–Crippen MR) is 66.9 cm³/mol. The second-order valence-corrected chi connectivity index (χ2v) is 6.13. The van der Waals surface area contributed by atoms with Gasteiger partial charge in [-0.3, -0.25) is 0 Å². The molecule has 1 aliphatic heterocycles. The van der Waals surface area contributed by atoms with Gasteiger partial charge in [0.05, 0.1) is 12.2 Å². The molecule has 0 amide bonds. The number of nitrogens with zero attached hydrogens (tertiary/aromatic N) is 2. The van der Waals surface area contributed by atoms with E-state index in [1.165, 1.54) is 56.5 Å². The van der Waals surface area contributed by atoms with Crippen molar-refractivity contribution >= 4 is 0 Å². The zero-order valence-electron chi connectivity index (χ0n) is 10.5. The molecule has 1 aromatic heterocycles. The van der Waals surface area contributed by atoms with Gasteiger partial charge in [0.1, 0.15) is 5.82 Å². The fourth-order valence-electron chi connectivity index (χ4n) is 4.16. The van der Waals surface area contributed by atoms with Crippen LogP contribution in [0.1, 0.15) is 49.3 Å². The van der Waals surface area contributed by atoms with Crippen LogP contribution in [0.15, 0.2) is 0 Å². The van der Waals surface area contributed by atoms with Crippen molar-refractivity contribution in [2.24, 2.45) is 5.41 Å². The Morgan fingerprint density at radius 1 is 1.18 bits per heavy atom. The summed E-state index contributed by atoms with van der Waals surface area (Å²) >= 11 is 0. The molecule has 92 valence electrons. The quantitative estimate of drug-likeness (QED) is 0.740. The summed E-state index contributed by atoms with van der Waals surface area (Å²) in [6.07, 6.45) is 9.78. The van der Waals surface area contributed by atoms with Crippen molar-refractivity contribution in [3.8, 4) is 0 Å². The molecule has 1 aromatic rings. The first kappa shape index (κ1) is 10.1. The van der Waals surface area contributed by atoms with Crippen LogP contribution in [0, 0.1) is 5.41 Å². The molecule has 0 saturated heterocycles. The third-order valence-corrected chi connectivity index (χ3v) is 5.13. The summed E-state index contributed by atoms with van der Waals surface area (Å²) in [6.45, 7) is 3.22. The molecule has 3 heteroatoms. The van der Waals surface area contributed by atoms with Crippen LogP contribution in [0.3, 0.4) is 0 Å². The number of rotatable bonds is 0. The molecule has 4 rings (SSSR count). The van der Waals surface area contributed by atoms with Crippen molar-refractivity contribution in [1.29, 1.82) is 0 Å². The maximum atomic E-state index is 4.85. The van der Waals surface area contributed by atoms with Crippen molar-refractivity contribution in [2.45, 2.75) is 58.0 Å². The SMILES string of the molecule is C1CCC2(C1)CCc1nc3n(c1C2)CCNC3. The molecule has 0 aromatic carbocycles. The zero-order chi connectivity index (χ0) is 11.3. The molecule has 3 aliphatic rings. The van der Waals surface area contributed by atoms with Crippen molar-refractivity contribution in [3.63, 3.8) is 0 Å². The molecule has 1 N–H and O–H groups in total. The Morgan fingerprint density at radius 2 is 2.06 bits per heavy atom. The lowest BCUT2D eigenvalue weighted by Crippen LogP contribution is -2.31. The molecular formula is C14H21N3. The van der Waals surface area contributed by atoms with E-state index in [9.17, 15) is 0 Å². The molecule has 0 atom stereocenters. The number of imidazole rings is 1. The molecule has 0 unspecified atom stereocenters. The van der Waals surface area contributed by atoms with E-state index in [0.717, 1.165) is 19.6 Å². The summed E-state index contributed by atoms with van der Waals surface area (Å²) < 4.78 is 2.52. The molecule has 17 heavy (non-hydrogen) atoms.